The van der Waals surface area contributed by atoms with E-state index in [1.807, 2.05) is 36.4 Å². The van der Waals surface area contributed by atoms with Gasteiger partial charge in [0.05, 0.1) is 17.5 Å². The van der Waals surface area contributed by atoms with E-state index in [2.05, 4.69) is 20.5 Å². The fraction of sp³-hybridized carbons (Fsp3) is 0.0588. The van der Waals surface area contributed by atoms with Gasteiger partial charge in [-0.05, 0) is 23.8 Å². The summed E-state index contributed by atoms with van der Waals surface area (Å²) in [7, 11) is 0. The molecule has 0 spiro atoms. The lowest BCUT2D eigenvalue weighted by atomic mass is 10.2. The number of aromatic nitrogens is 2. The molecule has 0 unspecified atom stereocenters. The third kappa shape index (κ3) is 4.31. The second-order valence-corrected chi connectivity index (χ2v) is 6.23. The van der Waals surface area contributed by atoms with E-state index in [4.69, 9.17) is 11.6 Å². The van der Waals surface area contributed by atoms with Crippen LogP contribution in [0.4, 0.5) is 0 Å². The third-order valence-corrected chi connectivity index (χ3v) is 4.38. The number of halogens is 1. The summed E-state index contributed by atoms with van der Waals surface area (Å²) in [6.07, 6.45) is 3.07. The number of rotatable bonds is 5. The van der Waals surface area contributed by atoms with Gasteiger partial charge < -0.3 is 0 Å². The lowest BCUT2D eigenvalue weighted by molar-refractivity contribution is -0.118. The van der Waals surface area contributed by atoms with E-state index in [-0.39, 0.29) is 11.7 Å². The summed E-state index contributed by atoms with van der Waals surface area (Å²) >= 11 is 7.16. The molecule has 1 aromatic heterocycles. The van der Waals surface area contributed by atoms with Gasteiger partial charge in [0, 0.05) is 10.4 Å². The zero-order valence-corrected chi connectivity index (χ0v) is 14.1. The fourth-order valence-electron chi connectivity index (χ4n) is 1.99. The molecule has 0 radical (unpaired) electrons. The number of nitrogens with one attached hydrogen (secondary N) is 1. The summed E-state index contributed by atoms with van der Waals surface area (Å²) in [6, 6.07) is 14.9. The number of benzene rings is 2. The summed E-state index contributed by atoms with van der Waals surface area (Å²) in [6.45, 7) is 0. The van der Waals surface area contributed by atoms with E-state index in [0.717, 1.165) is 21.5 Å². The second-order valence-electron chi connectivity index (χ2n) is 4.83. The maximum atomic E-state index is 11.9. The Morgan fingerprint density at radius 3 is 2.79 bits per heavy atom. The van der Waals surface area contributed by atoms with Crippen molar-refractivity contribution in [2.75, 3.05) is 5.75 Å². The molecule has 0 aliphatic carbocycles. The van der Waals surface area contributed by atoms with Gasteiger partial charge in [-0.25, -0.2) is 15.4 Å². The average molecular weight is 357 g/mol. The van der Waals surface area contributed by atoms with Gasteiger partial charge in [0.1, 0.15) is 11.4 Å². The SMILES string of the molecule is O=C(CSc1ncnc2ccccc12)NN=Cc1ccc(Cl)cc1. The molecule has 1 N–H and O–H groups in total. The van der Waals surface area contributed by atoms with Crippen molar-refractivity contribution >= 4 is 46.4 Å². The van der Waals surface area contributed by atoms with E-state index < -0.39 is 0 Å². The number of amides is 1. The second kappa shape index (κ2) is 7.90. The summed E-state index contributed by atoms with van der Waals surface area (Å²) in [5, 5.41) is 6.30. The molecule has 0 aliphatic heterocycles. The Morgan fingerprint density at radius 2 is 1.96 bits per heavy atom. The smallest absolute Gasteiger partial charge is 0.250 e. The largest absolute Gasteiger partial charge is 0.272 e. The van der Waals surface area contributed by atoms with E-state index in [9.17, 15) is 4.79 Å². The minimum Gasteiger partial charge on any atom is -0.272 e. The van der Waals surface area contributed by atoms with Gasteiger partial charge >= 0.3 is 0 Å². The van der Waals surface area contributed by atoms with Crippen LogP contribution in [0.2, 0.25) is 5.02 Å². The summed E-state index contributed by atoms with van der Waals surface area (Å²) < 4.78 is 0. The highest BCUT2D eigenvalue weighted by Gasteiger charge is 2.06. The topological polar surface area (TPSA) is 67.2 Å². The molecule has 3 aromatic rings. The molecule has 0 bridgehead atoms. The Labute approximate surface area is 148 Å². The van der Waals surface area contributed by atoms with Crippen molar-refractivity contribution in [2.24, 2.45) is 5.10 Å². The Balaban J connectivity index is 1.56. The molecule has 0 aliphatic rings. The highest BCUT2D eigenvalue weighted by atomic mass is 35.5. The van der Waals surface area contributed by atoms with Crippen LogP contribution in [-0.2, 0) is 4.79 Å². The van der Waals surface area contributed by atoms with Crippen molar-refractivity contribution in [3.63, 3.8) is 0 Å². The molecule has 1 heterocycles. The standard InChI is InChI=1S/C17H13ClN4OS/c18-13-7-5-12(6-8-13)9-21-22-16(23)10-24-17-14-3-1-2-4-15(14)19-11-20-17/h1-9,11H,10H2,(H,22,23). The number of hydrazone groups is 1. The first kappa shape index (κ1) is 16.4. The zero-order valence-electron chi connectivity index (χ0n) is 12.5. The van der Waals surface area contributed by atoms with Crippen molar-refractivity contribution in [3.05, 3.63) is 65.4 Å². The molecular formula is C17H13ClN4OS. The monoisotopic (exact) mass is 356 g/mol. The molecule has 7 heteroatoms. The Kier molecular flexibility index (Phi) is 5.40. The van der Waals surface area contributed by atoms with Crippen molar-refractivity contribution in [1.29, 1.82) is 0 Å². The summed E-state index contributed by atoms with van der Waals surface area (Å²) in [5.74, 6) is 0.0202. The quantitative estimate of drug-likeness (QED) is 0.329. The molecule has 1 amide bonds. The number of nitrogens with zero attached hydrogens (tertiary/aromatic N) is 3. The van der Waals surface area contributed by atoms with Crippen LogP contribution in [0.25, 0.3) is 10.9 Å². The first-order chi connectivity index (χ1) is 11.7. The predicted octanol–water partition coefficient (Wildman–Crippen LogP) is 3.53. The Bertz CT molecular complexity index is 878. The summed E-state index contributed by atoms with van der Waals surface area (Å²) in [5.41, 5.74) is 4.21. The normalized spacial score (nSPS) is 11.0. The van der Waals surface area contributed by atoms with Crippen LogP contribution in [0.3, 0.4) is 0 Å². The molecule has 0 saturated carbocycles. The van der Waals surface area contributed by atoms with Gasteiger partial charge in [0.25, 0.3) is 0 Å². The van der Waals surface area contributed by atoms with Crippen molar-refractivity contribution < 1.29 is 4.79 Å². The lowest BCUT2D eigenvalue weighted by Gasteiger charge is -2.03. The molecule has 5 nitrogen and oxygen atoms in total. The Hall–Kier alpha value is -2.44. The fourth-order valence-corrected chi connectivity index (χ4v) is 2.90. The number of carbonyl (C=O) groups excluding carboxylic acids is 1. The minimum absolute atomic E-state index is 0.201. The van der Waals surface area contributed by atoms with Crippen LogP contribution >= 0.6 is 23.4 Å². The molecule has 2 aromatic carbocycles. The molecule has 3 rings (SSSR count). The average Bonchev–Trinajstić information content (AvgIpc) is 2.61. The first-order valence-corrected chi connectivity index (χ1v) is 8.49. The maximum absolute atomic E-state index is 11.9. The van der Waals surface area contributed by atoms with Gasteiger partial charge in [0.2, 0.25) is 5.91 Å². The first-order valence-electron chi connectivity index (χ1n) is 7.12. The maximum Gasteiger partial charge on any atom is 0.250 e. The van der Waals surface area contributed by atoms with Crippen molar-refractivity contribution in [3.8, 4) is 0 Å². The molecule has 0 saturated heterocycles. The van der Waals surface area contributed by atoms with E-state index in [1.54, 1.807) is 18.3 Å². The molecule has 24 heavy (non-hydrogen) atoms. The number of hydrogen-bond acceptors (Lipinski definition) is 5. The lowest BCUT2D eigenvalue weighted by Crippen LogP contribution is -2.19. The number of fused-ring (bicyclic) bond motifs is 1. The van der Waals surface area contributed by atoms with Crippen LogP contribution in [0.1, 0.15) is 5.56 Å². The van der Waals surface area contributed by atoms with Gasteiger partial charge in [-0.3, -0.25) is 4.79 Å². The van der Waals surface area contributed by atoms with Crippen LogP contribution in [-0.4, -0.2) is 27.8 Å². The van der Waals surface area contributed by atoms with Crippen molar-refractivity contribution in [1.82, 2.24) is 15.4 Å². The van der Waals surface area contributed by atoms with Gasteiger partial charge in [0.15, 0.2) is 0 Å². The molecule has 0 fully saturated rings. The van der Waals surface area contributed by atoms with Crippen LogP contribution < -0.4 is 5.43 Å². The molecule has 0 atom stereocenters. The van der Waals surface area contributed by atoms with Crippen LogP contribution in [0.5, 0.6) is 0 Å². The van der Waals surface area contributed by atoms with Crippen LogP contribution in [0.15, 0.2) is 65.0 Å². The highest BCUT2D eigenvalue weighted by Crippen LogP contribution is 2.23. The van der Waals surface area contributed by atoms with Gasteiger partial charge in [-0.2, -0.15) is 5.10 Å². The van der Waals surface area contributed by atoms with Gasteiger partial charge in [-0.1, -0.05) is 53.7 Å². The van der Waals surface area contributed by atoms with E-state index >= 15 is 0 Å². The number of carbonyl (C=O) groups is 1. The Morgan fingerprint density at radius 1 is 1.17 bits per heavy atom. The van der Waals surface area contributed by atoms with E-state index in [0.29, 0.717) is 5.02 Å². The third-order valence-electron chi connectivity index (χ3n) is 3.12. The van der Waals surface area contributed by atoms with Crippen LogP contribution in [0, 0.1) is 0 Å². The zero-order chi connectivity index (χ0) is 16.8. The molecule has 120 valence electrons. The predicted molar refractivity (Wildman–Crippen MR) is 97.5 cm³/mol. The number of para-hydroxylation sites is 1. The summed E-state index contributed by atoms with van der Waals surface area (Å²) in [4.78, 5) is 20.3. The number of thioether (sulfide) groups is 1. The van der Waals surface area contributed by atoms with Crippen molar-refractivity contribution in [2.45, 2.75) is 5.03 Å². The van der Waals surface area contributed by atoms with Gasteiger partial charge in [-0.15, -0.1) is 0 Å². The minimum atomic E-state index is -0.201. The molecular weight excluding hydrogens is 344 g/mol. The number of hydrogen-bond donors (Lipinski definition) is 1. The van der Waals surface area contributed by atoms with E-state index in [1.165, 1.54) is 18.1 Å². The highest BCUT2D eigenvalue weighted by molar-refractivity contribution is 8.00.